The van der Waals surface area contributed by atoms with Crippen molar-refractivity contribution in [3.63, 3.8) is 0 Å². The summed E-state index contributed by atoms with van der Waals surface area (Å²) in [5.74, 6) is 0.537. The van der Waals surface area contributed by atoms with E-state index in [1.165, 1.54) is 0 Å². The number of anilines is 1. The van der Waals surface area contributed by atoms with E-state index in [4.69, 9.17) is 0 Å². The fraction of sp³-hybridized carbons (Fsp3) is 0.474. The van der Waals surface area contributed by atoms with E-state index >= 15 is 0 Å². The van der Waals surface area contributed by atoms with Gasteiger partial charge < -0.3 is 5.32 Å². The highest BCUT2D eigenvalue weighted by Crippen LogP contribution is 2.18. The third kappa shape index (κ3) is 4.44. The lowest BCUT2D eigenvalue weighted by Gasteiger charge is -2.09. The minimum atomic E-state index is 0.00490. The van der Waals surface area contributed by atoms with Gasteiger partial charge in [0.25, 0.3) is 0 Å². The van der Waals surface area contributed by atoms with Gasteiger partial charge in [0.05, 0.1) is 12.1 Å². The zero-order valence-corrected chi connectivity index (χ0v) is 15.0. The molecule has 1 aromatic heterocycles. The van der Waals surface area contributed by atoms with Crippen molar-refractivity contribution in [2.75, 3.05) is 5.32 Å². The molecule has 0 fully saturated rings. The molecule has 1 N–H and O–H groups in total. The number of rotatable bonds is 5. The van der Waals surface area contributed by atoms with Gasteiger partial charge in [0, 0.05) is 23.5 Å². The molecule has 0 spiro atoms. The summed E-state index contributed by atoms with van der Waals surface area (Å²) >= 11 is 0. The van der Waals surface area contributed by atoms with Crippen molar-refractivity contribution in [2.24, 2.45) is 5.92 Å². The smallest absolute Gasteiger partial charge is 0.228 e. The highest BCUT2D eigenvalue weighted by Gasteiger charge is 2.15. The lowest BCUT2D eigenvalue weighted by Crippen LogP contribution is -2.16. The van der Waals surface area contributed by atoms with E-state index in [0.29, 0.717) is 12.3 Å². The number of aromatic nitrogens is 2. The Bertz CT molecular complexity index is 693. The van der Waals surface area contributed by atoms with Crippen LogP contribution in [0.2, 0.25) is 0 Å². The van der Waals surface area contributed by atoms with Crippen LogP contribution in [0.3, 0.4) is 0 Å². The van der Waals surface area contributed by atoms with Gasteiger partial charge in [-0.05, 0) is 56.9 Å². The molecule has 0 aliphatic heterocycles. The van der Waals surface area contributed by atoms with Crippen LogP contribution in [0.15, 0.2) is 18.2 Å². The molecule has 0 aliphatic carbocycles. The quantitative estimate of drug-likeness (QED) is 0.908. The molecule has 4 heteroatoms. The number of nitrogens with zero attached hydrogens (tertiary/aromatic N) is 2. The van der Waals surface area contributed by atoms with Crippen LogP contribution in [0.5, 0.6) is 0 Å². The summed E-state index contributed by atoms with van der Waals surface area (Å²) in [6.07, 6.45) is 0.364. The fourth-order valence-electron chi connectivity index (χ4n) is 2.93. The van der Waals surface area contributed by atoms with Crippen LogP contribution < -0.4 is 5.32 Å². The Labute approximate surface area is 138 Å². The van der Waals surface area contributed by atoms with E-state index in [-0.39, 0.29) is 5.91 Å². The maximum atomic E-state index is 12.4. The van der Waals surface area contributed by atoms with Crippen LogP contribution in [-0.4, -0.2) is 15.7 Å². The molecule has 124 valence electrons. The Hall–Kier alpha value is -2.10. The number of carbonyl (C=O) groups excluding carboxylic acids is 1. The molecule has 0 radical (unpaired) electrons. The van der Waals surface area contributed by atoms with Crippen LogP contribution in [0.1, 0.15) is 41.9 Å². The molecule has 0 saturated heterocycles. The maximum absolute atomic E-state index is 12.4. The van der Waals surface area contributed by atoms with Gasteiger partial charge in [0.1, 0.15) is 0 Å². The summed E-state index contributed by atoms with van der Waals surface area (Å²) in [5, 5.41) is 7.58. The Balaban J connectivity index is 2.12. The van der Waals surface area contributed by atoms with Gasteiger partial charge >= 0.3 is 0 Å². The van der Waals surface area contributed by atoms with Crippen molar-refractivity contribution in [1.29, 1.82) is 0 Å². The predicted molar refractivity (Wildman–Crippen MR) is 94.8 cm³/mol. The molecule has 2 aromatic rings. The first-order valence-corrected chi connectivity index (χ1v) is 8.17. The average molecular weight is 313 g/mol. The van der Waals surface area contributed by atoms with Gasteiger partial charge in [0.15, 0.2) is 0 Å². The van der Waals surface area contributed by atoms with Crippen LogP contribution in [0, 0.1) is 33.6 Å². The lowest BCUT2D eigenvalue weighted by molar-refractivity contribution is -0.115. The molecule has 1 heterocycles. The minimum absolute atomic E-state index is 0.00490. The number of amides is 1. The second-order valence-corrected chi connectivity index (χ2v) is 6.83. The topological polar surface area (TPSA) is 46.9 Å². The molecular formula is C19H27N3O. The fourth-order valence-corrected chi connectivity index (χ4v) is 2.93. The Morgan fingerprint density at radius 3 is 2.30 bits per heavy atom. The number of hydrogen-bond donors (Lipinski definition) is 1. The number of aryl methyl sites for hydroxylation is 3. The molecule has 0 bridgehead atoms. The minimum Gasteiger partial charge on any atom is -0.326 e. The van der Waals surface area contributed by atoms with Crippen LogP contribution in [0.4, 0.5) is 5.69 Å². The van der Waals surface area contributed by atoms with Crippen molar-refractivity contribution in [3.05, 3.63) is 46.3 Å². The van der Waals surface area contributed by atoms with Gasteiger partial charge in [-0.3, -0.25) is 9.48 Å². The summed E-state index contributed by atoms with van der Waals surface area (Å²) in [5.41, 5.74) is 6.23. The molecule has 1 amide bonds. The van der Waals surface area contributed by atoms with Crippen molar-refractivity contribution >= 4 is 11.6 Å². The molecule has 23 heavy (non-hydrogen) atoms. The zero-order chi connectivity index (χ0) is 17.1. The Morgan fingerprint density at radius 1 is 1.13 bits per heavy atom. The second-order valence-electron chi connectivity index (χ2n) is 6.83. The normalized spacial score (nSPS) is 11.1. The number of benzene rings is 1. The summed E-state index contributed by atoms with van der Waals surface area (Å²) in [6.45, 7) is 13.3. The highest BCUT2D eigenvalue weighted by molar-refractivity contribution is 5.92. The highest BCUT2D eigenvalue weighted by atomic mass is 16.1. The third-order valence-corrected chi connectivity index (χ3v) is 3.91. The third-order valence-electron chi connectivity index (χ3n) is 3.91. The van der Waals surface area contributed by atoms with Crippen molar-refractivity contribution in [1.82, 2.24) is 9.78 Å². The second kappa shape index (κ2) is 6.99. The molecular weight excluding hydrogens is 286 g/mol. The molecule has 0 unspecified atom stereocenters. The number of nitrogens with one attached hydrogen (secondary N) is 1. The lowest BCUT2D eigenvalue weighted by atomic mass is 10.1. The predicted octanol–water partition coefficient (Wildman–Crippen LogP) is 3.95. The number of carbonyl (C=O) groups is 1. The van der Waals surface area contributed by atoms with E-state index in [9.17, 15) is 4.79 Å². The molecule has 0 atom stereocenters. The summed E-state index contributed by atoms with van der Waals surface area (Å²) in [4.78, 5) is 12.4. The SMILES string of the molecule is Cc1cc(C)cc(NC(=O)Cc2c(C)nn(CC(C)C)c2C)c1. The first kappa shape index (κ1) is 17.3. The van der Waals surface area contributed by atoms with E-state index in [1.807, 2.05) is 44.5 Å². The van der Waals surface area contributed by atoms with Crippen LogP contribution in [0.25, 0.3) is 0 Å². The van der Waals surface area contributed by atoms with Crippen molar-refractivity contribution in [2.45, 2.75) is 54.5 Å². The van der Waals surface area contributed by atoms with E-state index in [2.05, 4.69) is 30.3 Å². The summed E-state index contributed by atoms with van der Waals surface area (Å²) in [7, 11) is 0. The summed E-state index contributed by atoms with van der Waals surface area (Å²) < 4.78 is 2.01. The van der Waals surface area contributed by atoms with Gasteiger partial charge in [0.2, 0.25) is 5.91 Å². The zero-order valence-electron chi connectivity index (χ0n) is 15.0. The first-order valence-electron chi connectivity index (χ1n) is 8.17. The summed E-state index contributed by atoms with van der Waals surface area (Å²) in [6, 6.07) is 6.08. The monoisotopic (exact) mass is 313 g/mol. The Kier molecular flexibility index (Phi) is 5.24. The van der Waals surface area contributed by atoms with E-state index in [1.54, 1.807) is 0 Å². The van der Waals surface area contributed by atoms with Crippen molar-refractivity contribution in [3.8, 4) is 0 Å². The van der Waals surface area contributed by atoms with Gasteiger partial charge in [-0.2, -0.15) is 5.10 Å². The van der Waals surface area contributed by atoms with E-state index < -0.39 is 0 Å². The van der Waals surface area contributed by atoms with Gasteiger partial charge in [-0.1, -0.05) is 19.9 Å². The largest absolute Gasteiger partial charge is 0.326 e. The molecule has 2 rings (SSSR count). The molecule has 1 aromatic carbocycles. The Morgan fingerprint density at radius 2 is 1.74 bits per heavy atom. The standard InChI is InChI=1S/C19H27N3O/c1-12(2)11-22-16(6)18(15(5)21-22)10-19(23)20-17-8-13(3)7-14(4)9-17/h7-9,12H,10-11H2,1-6H3,(H,20,23). The number of hydrogen-bond acceptors (Lipinski definition) is 2. The van der Waals surface area contributed by atoms with Gasteiger partial charge in [-0.15, -0.1) is 0 Å². The van der Waals surface area contributed by atoms with Crippen LogP contribution in [-0.2, 0) is 17.8 Å². The van der Waals surface area contributed by atoms with Crippen molar-refractivity contribution < 1.29 is 4.79 Å². The van der Waals surface area contributed by atoms with E-state index in [0.717, 1.165) is 40.3 Å². The molecule has 0 saturated carbocycles. The maximum Gasteiger partial charge on any atom is 0.228 e. The first-order chi connectivity index (χ1) is 10.8. The van der Waals surface area contributed by atoms with Gasteiger partial charge in [-0.25, -0.2) is 0 Å². The molecule has 4 nitrogen and oxygen atoms in total. The average Bonchev–Trinajstić information content (AvgIpc) is 2.64. The molecule has 0 aliphatic rings. The van der Waals surface area contributed by atoms with Crippen LogP contribution >= 0.6 is 0 Å².